The molecule has 1 amide bonds. The molecule has 0 atom stereocenters. The summed E-state index contributed by atoms with van der Waals surface area (Å²) in [5.41, 5.74) is 2.54. The molecule has 198 valence electrons. The third-order valence-corrected chi connectivity index (χ3v) is 7.18. The number of aromatic amines is 1. The zero-order chi connectivity index (χ0) is 27.3. The minimum absolute atomic E-state index is 0.0273. The summed E-state index contributed by atoms with van der Waals surface area (Å²) in [5.74, 6) is 0.160. The van der Waals surface area contributed by atoms with Crippen molar-refractivity contribution in [3.63, 3.8) is 0 Å². The number of carbonyl (C=O) groups excluding carboxylic acids is 1. The lowest BCUT2D eigenvalue weighted by Gasteiger charge is -2.35. The maximum absolute atomic E-state index is 16.6. The van der Waals surface area contributed by atoms with Gasteiger partial charge in [-0.05, 0) is 30.7 Å². The van der Waals surface area contributed by atoms with E-state index in [9.17, 15) is 4.79 Å². The van der Waals surface area contributed by atoms with Crippen LogP contribution >= 0.6 is 11.6 Å². The Labute approximate surface area is 227 Å². The Morgan fingerprint density at radius 2 is 1.95 bits per heavy atom. The number of rotatable bonds is 5. The number of nitrogens with zero attached hydrogens (tertiary/aromatic N) is 7. The van der Waals surface area contributed by atoms with Crippen molar-refractivity contribution in [2.45, 2.75) is 6.92 Å². The number of halogens is 2. The van der Waals surface area contributed by atoms with Crippen LogP contribution in [0.2, 0.25) is 5.02 Å². The van der Waals surface area contributed by atoms with Crippen LogP contribution < -0.4 is 9.64 Å². The lowest BCUT2D eigenvalue weighted by molar-refractivity contribution is -0.126. The third kappa shape index (κ3) is 4.34. The van der Waals surface area contributed by atoms with Crippen molar-refractivity contribution in [3.8, 4) is 22.9 Å². The summed E-state index contributed by atoms with van der Waals surface area (Å²) in [5, 5.41) is 12.6. The second kappa shape index (κ2) is 9.66. The van der Waals surface area contributed by atoms with Crippen molar-refractivity contribution >= 4 is 45.1 Å². The van der Waals surface area contributed by atoms with Gasteiger partial charge in [-0.3, -0.25) is 14.6 Å². The molecular weight excluding hydrogens is 523 g/mol. The molecular formula is C27H24ClFN8O2. The van der Waals surface area contributed by atoms with Crippen LogP contribution in [0.25, 0.3) is 32.9 Å². The standard InChI is InChI=1S/C27H24ClFN8O2/c1-4-21(38)36-7-9-37(10-8-36)26-17-11-19(28)23(22-15(2)5-6-20-18(22)13-30-34-20)24(29)25(17)32-27(33-26)39-16-12-31-35(3)14-16/h4-6,11-14H,1,7-10H2,2-3H3,(H,30,34). The van der Waals surface area contributed by atoms with Crippen LogP contribution in [-0.4, -0.2) is 66.9 Å². The average molecular weight is 547 g/mol. The number of aromatic nitrogens is 6. The molecule has 39 heavy (non-hydrogen) atoms. The Balaban J connectivity index is 1.53. The van der Waals surface area contributed by atoms with E-state index in [0.29, 0.717) is 48.7 Å². The molecule has 1 N–H and O–H groups in total. The fourth-order valence-corrected chi connectivity index (χ4v) is 5.25. The van der Waals surface area contributed by atoms with E-state index in [4.69, 9.17) is 16.3 Å². The normalized spacial score (nSPS) is 13.8. The fraction of sp³-hybridized carbons (Fsp3) is 0.222. The van der Waals surface area contributed by atoms with Crippen LogP contribution in [0.15, 0.2) is 49.4 Å². The van der Waals surface area contributed by atoms with Gasteiger partial charge in [-0.1, -0.05) is 24.2 Å². The Bertz CT molecular complexity index is 1760. The highest BCUT2D eigenvalue weighted by molar-refractivity contribution is 6.35. The number of amides is 1. The highest BCUT2D eigenvalue weighted by Gasteiger charge is 2.27. The SMILES string of the molecule is C=CC(=O)N1CCN(c2nc(Oc3cnn(C)c3)nc3c(F)c(-c4c(C)ccc5[nH]ncc45)c(Cl)cc23)CC1. The van der Waals surface area contributed by atoms with Gasteiger partial charge in [0.05, 0.1) is 29.1 Å². The van der Waals surface area contributed by atoms with Gasteiger partial charge in [0.2, 0.25) is 5.91 Å². The molecule has 0 spiro atoms. The predicted molar refractivity (Wildman–Crippen MR) is 147 cm³/mol. The Hall–Kier alpha value is -4.51. The second-order valence-corrected chi connectivity index (χ2v) is 9.74. The number of fused-ring (bicyclic) bond motifs is 2. The number of carbonyl (C=O) groups is 1. The molecule has 0 bridgehead atoms. The maximum atomic E-state index is 16.6. The molecule has 5 aromatic rings. The second-order valence-electron chi connectivity index (χ2n) is 9.33. The van der Waals surface area contributed by atoms with E-state index in [1.807, 2.05) is 24.0 Å². The summed E-state index contributed by atoms with van der Waals surface area (Å²) in [7, 11) is 1.76. The van der Waals surface area contributed by atoms with Gasteiger partial charge in [0.1, 0.15) is 11.3 Å². The molecule has 1 aliphatic rings. The number of anilines is 1. The predicted octanol–water partition coefficient (Wildman–Crippen LogP) is 4.63. The lowest BCUT2D eigenvalue weighted by atomic mass is 9.95. The summed E-state index contributed by atoms with van der Waals surface area (Å²) in [4.78, 5) is 24.9. The van der Waals surface area contributed by atoms with E-state index in [2.05, 4.69) is 31.8 Å². The van der Waals surface area contributed by atoms with Gasteiger partial charge in [-0.2, -0.15) is 20.2 Å². The first kappa shape index (κ1) is 24.8. The van der Waals surface area contributed by atoms with Crippen molar-refractivity contribution < 1.29 is 13.9 Å². The fourth-order valence-electron chi connectivity index (χ4n) is 4.96. The van der Waals surface area contributed by atoms with Gasteiger partial charge in [-0.15, -0.1) is 0 Å². The monoisotopic (exact) mass is 546 g/mol. The third-order valence-electron chi connectivity index (χ3n) is 6.88. The molecule has 0 radical (unpaired) electrons. The van der Waals surface area contributed by atoms with Crippen LogP contribution in [0.5, 0.6) is 11.8 Å². The summed E-state index contributed by atoms with van der Waals surface area (Å²) in [6, 6.07) is 5.45. The summed E-state index contributed by atoms with van der Waals surface area (Å²) in [6.45, 7) is 7.35. The lowest BCUT2D eigenvalue weighted by Crippen LogP contribution is -2.48. The maximum Gasteiger partial charge on any atom is 0.324 e. The average Bonchev–Trinajstić information content (AvgIpc) is 3.58. The van der Waals surface area contributed by atoms with Crippen LogP contribution in [0.4, 0.5) is 10.2 Å². The topological polar surface area (TPSA) is 105 Å². The summed E-state index contributed by atoms with van der Waals surface area (Å²) in [6.07, 6.45) is 6.15. The van der Waals surface area contributed by atoms with Gasteiger partial charge < -0.3 is 14.5 Å². The summed E-state index contributed by atoms with van der Waals surface area (Å²) >= 11 is 6.80. The van der Waals surface area contributed by atoms with Gasteiger partial charge in [-0.25, -0.2) is 4.39 Å². The van der Waals surface area contributed by atoms with E-state index in [1.165, 1.54) is 12.3 Å². The molecule has 12 heteroatoms. The first-order valence-electron chi connectivity index (χ1n) is 12.3. The van der Waals surface area contributed by atoms with Crippen molar-refractivity contribution in [1.29, 1.82) is 0 Å². The minimum Gasteiger partial charge on any atom is -0.421 e. The molecule has 4 heterocycles. The number of H-pyrrole nitrogens is 1. The summed E-state index contributed by atoms with van der Waals surface area (Å²) < 4.78 is 24.0. The van der Waals surface area contributed by atoms with E-state index in [0.717, 1.165) is 16.5 Å². The van der Waals surface area contributed by atoms with E-state index >= 15 is 4.39 Å². The zero-order valence-corrected chi connectivity index (χ0v) is 22.0. The van der Waals surface area contributed by atoms with E-state index < -0.39 is 5.82 Å². The smallest absolute Gasteiger partial charge is 0.324 e. The van der Waals surface area contributed by atoms with Crippen molar-refractivity contribution in [3.05, 3.63) is 65.8 Å². The number of nitrogens with one attached hydrogen (secondary N) is 1. The Kier molecular flexibility index (Phi) is 6.15. The molecule has 0 aliphatic carbocycles. The zero-order valence-electron chi connectivity index (χ0n) is 21.3. The van der Waals surface area contributed by atoms with Crippen LogP contribution in [0.1, 0.15) is 5.56 Å². The Morgan fingerprint density at radius 1 is 1.15 bits per heavy atom. The minimum atomic E-state index is -0.588. The molecule has 0 saturated carbocycles. The molecule has 0 unspecified atom stereocenters. The van der Waals surface area contributed by atoms with Crippen LogP contribution in [-0.2, 0) is 11.8 Å². The highest BCUT2D eigenvalue weighted by atomic mass is 35.5. The van der Waals surface area contributed by atoms with Gasteiger partial charge in [0.15, 0.2) is 11.6 Å². The number of hydrogen-bond acceptors (Lipinski definition) is 7. The molecule has 3 aromatic heterocycles. The largest absolute Gasteiger partial charge is 0.421 e. The number of aryl methyl sites for hydroxylation is 2. The molecule has 1 saturated heterocycles. The van der Waals surface area contributed by atoms with E-state index in [-0.39, 0.29) is 28.0 Å². The van der Waals surface area contributed by atoms with Crippen LogP contribution in [0, 0.1) is 12.7 Å². The van der Waals surface area contributed by atoms with Gasteiger partial charge in [0.25, 0.3) is 0 Å². The number of ether oxygens (including phenoxy) is 1. The Morgan fingerprint density at radius 3 is 2.67 bits per heavy atom. The van der Waals surface area contributed by atoms with Crippen molar-refractivity contribution in [2.75, 3.05) is 31.1 Å². The first-order valence-corrected chi connectivity index (χ1v) is 12.7. The quantitative estimate of drug-likeness (QED) is 0.320. The van der Waals surface area contributed by atoms with Crippen molar-refractivity contribution in [2.24, 2.45) is 7.05 Å². The molecule has 1 aliphatic heterocycles. The highest BCUT2D eigenvalue weighted by Crippen LogP contribution is 2.42. The molecule has 6 rings (SSSR count). The van der Waals surface area contributed by atoms with E-state index in [1.54, 1.807) is 35.1 Å². The molecule has 2 aromatic carbocycles. The number of hydrogen-bond donors (Lipinski definition) is 1. The van der Waals surface area contributed by atoms with Gasteiger partial charge >= 0.3 is 6.01 Å². The van der Waals surface area contributed by atoms with Crippen molar-refractivity contribution in [1.82, 2.24) is 34.8 Å². The molecule has 10 nitrogen and oxygen atoms in total. The number of piperazine rings is 1. The van der Waals surface area contributed by atoms with Gasteiger partial charge in [0, 0.05) is 55.1 Å². The first-order chi connectivity index (χ1) is 18.8. The van der Waals surface area contributed by atoms with Crippen LogP contribution in [0.3, 0.4) is 0 Å². The number of benzene rings is 2. The molecule has 1 fully saturated rings.